The van der Waals surface area contributed by atoms with Crippen LogP contribution in [0.1, 0.15) is 87.5 Å². The normalized spacial score (nSPS) is 41.3. The maximum atomic E-state index is 14.1. The molecule has 0 unspecified atom stereocenters. The van der Waals surface area contributed by atoms with E-state index in [4.69, 9.17) is 23.8 Å². The number of oxime groups is 1. The molecule has 13 atom stereocenters. The third-order valence-corrected chi connectivity index (χ3v) is 11.7. The molecule has 0 saturated carbocycles. The van der Waals surface area contributed by atoms with E-state index in [0.717, 1.165) is 26.2 Å². The number of rotatable bonds is 12. The molecule has 0 aromatic carbocycles. The Labute approximate surface area is 311 Å². The number of hydrogen-bond donors (Lipinski definition) is 4. The average molecular weight is 743 g/mol. The van der Waals surface area contributed by atoms with Crippen molar-refractivity contribution >= 4 is 17.5 Å². The Morgan fingerprint density at radius 1 is 1.04 bits per heavy atom. The van der Waals surface area contributed by atoms with Crippen LogP contribution in [0.5, 0.6) is 0 Å². The first-order valence-corrected chi connectivity index (χ1v) is 19.4. The van der Waals surface area contributed by atoms with Crippen LogP contribution in [-0.4, -0.2) is 157 Å². The van der Waals surface area contributed by atoms with Gasteiger partial charge in [-0.15, -0.1) is 0 Å². The highest BCUT2D eigenvalue weighted by Gasteiger charge is 2.51. The lowest BCUT2D eigenvalue weighted by Gasteiger charge is -2.47. The van der Waals surface area contributed by atoms with Crippen LogP contribution in [0.2, 0.25) is 0 Å². The quantitative estimate of drug-likeness (QED) is 0.0994. The van der Waals surface area contributed by atoms with Gasteiger partial charge in [0.15, 0.2) is 12.1 Å². The number of cyclic esters (lactones) is 1. The fourth-order valence-electron chi connectivity index (χ4n) is 8.22. The third-order valence-electron chi connectivity index (χ3n) is 11.7. The number of nitrogens with one attached hydrogen (secondary N) is 1. The number of nitrogens with zero attached hydrogens (tertiary/aromatic N) is 3. The molecule has 0 bridgehead atoms. The van der Waals surface area contributed by atoms with Gasteiger partial charge in [-0.25, -0.2) is 0 Å². The van der Waals surface area contributed by atoms with Crippen molar-refractivity contribution in [1.82, 2.24) is 15.1 Å². The summed E-state index contributed by atoms with van der Waals surface area (Å²) < 4.78 is 24.8. The molecule has 52 heavy (non-hydrogen) atoms. The highest BCUT2D eigenvalue weighted by molar-refractivity contribution is 6.00. The van der Waals surface area contributed by atoms with Gasteiger partial charge in [0.05, 0.1) is 29.6 Å². The van der Waals surface area contributed by atoms with Crippen molar-refractivity contribution in [1.29, 1.82) is 0 Å². The molecule has 3 aliphatic heterocycles. The molecule has 14 nitrogen and oxygen atoms in total. The number of Topliss-reactive ketones (excluding diaryl/α,β-unsaturated/α-hetero) is 1. The highest BCUT2D eigenvalue weighted by atomic mass is 16.7. The molecule has 3 fully saturated rings. The number of hydrogen-bond acceptors (Lipinski definition) is 14. The summed E-state index contributed by atoms with van der Waals surface area (Å²) in [6, 6.07) is -0.258. The van der Waals surface area contributed by atoms with Crippen molar-refractivity contribution in [3.8, 4) is 0 Å². The number of likely N-dealkylation sites (N-methyl/N-ethyl adjacent to an activating group) is 1. The van der Waals surface area contributed by atoms with E-state index in [0.29, 0.717) is 18.7 Å². The Hall–Kier alpha value is -1.75. The predicted molar refractivity (Wildman–Crippen MR) is 198 cm³/mol. The summed E-state index contributed by atoms with van der Waals surface area (Å²) in [4.78, 5) is 37.9. The van der Waals surface area contributed by atoms with Crippen LogP contribution in [0, 0.1) is 23.7 Å². The van der Waals surface area contributed by atoms with E-state index in [-0.39, 0.29) is 31.6 Å². The van der Waals surface area contributed by atoms with Crippen LogP contribution < -0.4 is 5.32 Å². The fraction of sp³-hybridized carbons (Fsp3) is 0.921. The fourth-order valence-corrected chi connectivity index (χ4v) is 8.22. The first kappa shape index (κ1) is 44.6. The number of aliphatic hydroxyl groups is 3. The molecule has 3 rings (SSSR count). The second kappa shape index (κ2) is 19.7. The first-order chi connectivity index (χ1) is 24.4. The van der Waals surface area contributed by atoms with E-state index in [1.807, 2.05) is 39.8 Å². The van der Waals surface area contributed by atoms with E-state index in [1.54, 1.807) is 20.8 Å². The minimum atomic E-state index is -1.88. The predicted octanol–water partition coefficient (Wildman–Crippen LogP) is 2.21. The topological polar surface area (TPSA) is 172 Å². The maximum Gasteiger partial charge on any atom is 0.316 e. The third kappa shape index (κ3) is 10.9. The Morgan fingerprint density at radius 3 is 2.29 bits per heavy atom. The van der Waals surface area contributed by atoms with Crippen LogP contribution in [0.4, 0.5) is 0 Å². The molecule has 0 amide bonds. The summed E-state index contributed by atoms with van der Waals surface area (Å²) in [7, 11) is 5.30. The van der Waals surface area contributed by atoms with Crippen molar-refractivity contribution < 1.29 is 48.7 Å². The van der Waals surface area contributed by atoms with E-state index < -0.39 is 77.3 Å². The smallest absolute Gasteiger partial charge is 0.316 e. The number of methoxy groups -OCH3 is 1. The summed E-state index contributed by atoms with van der Waals surface area (Å²) >= 11 is 0. The monoisotopic (exact) mass is 743 g/mol. The standard InChI is InChI=1S/C38H70N4O10/c1-12-29-38(8,47)33(45)25(4)30(40-49-20-16-39-15-19-42-17-13-14-18-42)23(2)22-37(7,48-11)34(26(5)31(43)27(6)35(46)51-29)52-36-32(44)28(41(9)10)21-24(3)50-36/h23-29,32-34,36,39,44-45,47H,12-22H2,1-11H3/b40-30+/t23-,24-,25+,26+,27-,28+,29-,32-,33-,34-,36+,37-,38-/m1/s1. The molecule has 0 spiro atoms. The second-order valence-corrected chi connectivity index (χ2v) is 16.1. The highest BCUT2D eigenvalue weighted by Crippen LogP contribution is 2.38. The van der Waals surface area contributed by atoms with Gasteiger partial charge in [-0.05, 0) is 87.0 Å². The van der Waals surface area contributed by atoms with Crippen molar-refractivity contribution in [2.24, 2.45) is 28.8 Å². The Balaban J connectivity index is 2.00. The van der Waals surface area contributed by atoms with Gasteiger partial charge in [-0.3, -0.25) is 9.59 Å². The van der Waals surface area contributed by atoms with Gasteiger partial charge < -0.3 is 54.2 Å². The van der Waals surface area contributed by atoms with Gasteiger partial charge in [0.25, 0.3) is 0 Å². The maximum absolute atomic E-state index is 14.1. The van der Waals surface area contributed by atoms with Crippen LogP contribution in [0.25, 0.3) is 0 Å². The summed E-state index contributed by atoms with van der Waals surface area (Å²) in [5.74, 6) is -4.58. The minimum Gasteiger partial charge on any atom is -0.459 e. The Bertz CT molecular complexity index is 1170. The molecule has 0 aromatic rings. The molecule has 3 saturated heterocycles. The average Bonchev–Trinajstić information content (AvgIpc) is 3.63. The molecule has 3 heterocycles. The van der Waals surface area contributed by atoms with E-state index >= 15 is 0 Å². The zero-order chi connectivity index (χ0) is 39.0. The van der Waals surface area contributed by atoms with Gasteiger partial charge >= 0.3 is 5.97 Å². The van der Waals surface area contributed by atoms with Crippen LogP contribution in [0.15, 0.2) is 5.16 Å². The molecule has 14 heteroatoms. The molecule has 0 radical (unpaired) electrons. The molecule has 0 aliphatic carbocycles. The van der Waals surface area contributed by atoms with Gasteiger partial charge in [0, 0.05) is 50.5 Å². The summed E-state index contributed by atoms with van der Waals surface area (Å²) in [5, 5.41) is 42.9. The summed E-state index contributed by atoms with van der Waals surface area (Å²) in [6.45, 7) is 18.7. The van der Waals surface area contributed by atoms with Gasteiger partial charge in [0.2, 0.25) is 0 Å². The molecule has 4 N–H and O–H groups in total. The van der Waals surface area contributed by atoms with Crippen molar-refractivity contribution in [2.45, 2.75) is 142 Å². The number of esters is 1. The Morgan fingerprint density at radius 2 is 1.69 bits per heavy atom. The van der Waals surface area contributed by atoms with Gasteiger partial charge in [-0.2, -0.15) is 0 Å². The summed E-state index contributed by atoms with van der Waals surface area (Å²) in [5.41, 5.74) is -2.62. The van der Waals surface area contributed by atoms with Crippen molar-refractivity contribution in [3.05, 3.63) is 0 Å². The second-order valence-electron chi connectivity index (χ2n) is 16.1. The zero-order valence-corrected chi connectivity index (χ0v) is 33.7. The van der Waals surface area contributed by atoms with E-state index in [2.05, 4.69) is 15.4 Å². The largest absolute Gasteiger partial charge is 0.459 e. The first-order valence-electron chi connectivity index (χ1n) is 19.4. The number of carbonyl (C=O) groups is 2. The van der Waals surface area contributed by atoms with E-state index in [1.165, 1.54) is 33.8 Å². The van der Waals surface area contributed by atoms with Gasteiger partial charge in [-0.1, -0.05) is 32.9 Å². The number of carbonyl (C=O) groups excluding carboxylic acids is 2. The SMILES string of the molecule is CC[C@H]1OC(=O)[C@H](C)C(=O)[C@H](C)[C@@H](O[C@@H]2O[C@H](C)C[C@H](N(C)C)[C@H]2O)[C@](C)(OC)C[C@@H](C)/C(=N\OCCNCCN2CCCC2)[C@H](C)[C@@H](O)[C@]1(C)O. The van der Waals surface area contributed by atoms with Crippen molar-refractivity contribution in [2.75, 3.05) is 60.5 Å². The zero-order valence-electron chi connectivity index (χ0n) is 33.7. The van der Waals surface area contributed by atoms with Crippen LogP contribution in [0.3, 0.4) is 0 Å². The molecule has 0 aromatic heterocycles. The lowest BCUT2D eigenvalue weighted by atomic mass is 9.74. The molecule has 3 aliphatic rings. The van der Waals surface area contributed by atoms with Gasteiger partial charge in [0.1, 0.15) is 30.3 Å². The van der Waals surface area contributed by atoms with Crippen LogP contribution >= 0.6 is 0 Å². The van der Waals surface area contributed by atoms with Crippen LogP contribution in [-0.2, 0) is 33.4 Å². The van der Waals surface area contributed by atoms with Crippen molar-refractivity contribution in [3.63, 3.8) is 0 Å². The number of ether oxygens (including phenoxy) is 4. The number of ketones is 1. The molecule has 302 valence electrons. The lowest BCUT2D eigenvalue weighted by molar-refractivity contribution is -0.295. The summed E-state index contributed by atoms with van der Waals surface area (Å²) in [6.07, 6.45) is -2.37. The minimum absolute atomic E-state index is 0.191. The number of likely N-dealkylation sites (tertiary alicyclic amines) is 1. The Kier molecular flexibility index (Phi) is 16.9. The molecular formula is C38H70N4O10. The lowest BCUT2D eigenvalue weighted by Crippen LogP contribution is -2.60. The number of aliphatic hydroxyl groups excluding tert-OH is 2. The molecular weight excluding hydrogens is 672 g/mol. The van der Waals surface area contributed by atoms with E-state index in [9.17, 15) is 24.9 Å².